The van der Waals surface area contributed by atoms with E-state index in [2.05, 4.69) is 20.8 Å². The Morgan fingerprint density at radius 1 is 1.35 bits per heavy atom. The molecule has 2 rings (SSSR count). The molecule has 0 N–H and O–H groups in total. The Bertz CT molecular complexity index is 557. The first kappa shape index (κ1) is 19.0. The quantitative estimate of drug-likeness (QED) is 0.370. The third-order valence-corrected chi connectivity index (χ3v) is 4.56. The van der Waals surface area contributed by atoms with Gasteiger partial charge in [-0.15, -0.1) is 0 Å². The molecule has 0 radical (unpaired) electrons. The molecule has 6 nitrogen and oxygen atoms in total. The Kier molecular flexibility index (Phi) is 6.57. The van der Waals surface area contributed by atoms with Gasteiger partial charge in [0.1, 0.15) is 0 Å². The molecule has 1 saturated heterocycles. The molecule has 1 heterocycles. The fourth-order valence-electron chi connectivity index (χ4n) is 2.61. The highest BCUT2D eigenvalue weighted by Gasteiger charge is 2.39. The maximum atomic E-state index is 11.4. The average molecular weight is 320 g/mol. The van der Waals surface area contributed by atoms with Crippen LogP contribution in [0.3, 0.4) is 0 Å². The van der Waals surface area contributed by atoms with Crippen molar-refractivity contribution in [3.05, 3.63) is 40.4 Å². The maximum Gasteiger partial charge on any atom is 0.269 e. The van der Waals surface area contributed by atoms with Crippen LogP contribution in [0.4, 0.5) is 5.69 Å². The molecular formula is C17H24N2O4. The fraction of sp³-hybridized carbons (Fsp3) is 0.529. The molecule has 1 aromatic rings. The maximum absolute atomic E-state index is 11.4. The SMILES string of the molecule is CC1CN(C)C(C(=O)C=O)CC1(C)C.O=[N+]([O-])c1ccccc1. The van der Waals surface area contributed by atoms with Crippen molar-refractivity contribution < 1.29 is 14.5 Å². The minimum Gasteiger partial charge on any atom is -0.296 e. The summed E-state index contributed by atoms with van der Waals surface area (Å²) in [5, 5.41) is 10.0. The van der Waals surface area contributed by atoms with Gasteiger partial charge in [-0.25, -0.2) is 0 Å². The van der Waals surface area contributed by atoms with E-state index in [0.717, 1.165) is 13.0 Å². The Labute approximate surface area is 136 Å². The number of nitro benzene ring substituents is 1. The summed E-state index contributed by atoms with van der Waals surface area (Å²) in [5.74, 6) is 0.274. The molecule has 0 aromatic heterocycles. The molecule has 1 fully saturated rings. The van der Waals surface area contributed by atoms with Crippen LogP contribution in [0.15, 0.2) is 30.3 Å². The van der Waals surface area contributed by atoms with Crippen LogP contribution in [0.2, 0.25) is 0 Å². The number of likely N-dealkylation sites (N-methyl/N-ethyl adjacent to an activating group) is 1. The molecule has 0 spiro atoms. The minimum absolute atomic E-state index is 0.137. The molecular weight excluding hydrogens is 296 g/mol. The molecule has 1 aliphatic rings. The minimum atomic E-state index is -0.417. The standard InChI is InChI=1S/C11H19NO2.C6H5NO2/c1-8-6-12(4)9(10(14)7-13)5-11(8,2)3;8-7(9)6-4-2-1-3-5-6/h7-9H,5-6H2,1-4H3;1-5H. The van der Waals surface area contributed by atoms with Crippen molar-refractivity contribution in [3.8, 4) is 0 Å². The summed E-state index contributed by atoms with van der Waals surface area (Å²) in [6.07, 6.45) is 1.23. The van der Waals surface area contributed by atoms with Crippen LogP contribution in [0.1, 0.15) is 27.2 Å². The van der Waals surface area contributed by atoms with Crippen LogP contribution in [-0.4, -0.2) is 41.5 Å². The predicted molar refractivity (Wildman–Crippen MR) is 88.1 cm³/mol. The first-order valence-corrected chi connectivity index (χ1v) is 7.57. The molecule has 0 amide bonds. The van der Waals surface area contributed by atoms with Crippen molar-refractivity contribution in [3.63, 3.8) is 0 Å². The summed E-state index contributed by atoms with van der Waals surface area (Å²) in [5.41, 5.74) is 0.285. The summed E-state index contributed by atoms with van der Waals surface area (Å²) in [6.45, 7) is 7.40. The van der Waals surface area contributed by atoms with Crippen LogP contribution < -0.4 is 0 Å². The zero-order valence-corrected chi connectivity index (χ0v) is 14.1. The lowest BCUT2D eigenvalue weighted by Gasteiger charge is -2.45. The number of para-hydroxylation sites is 1. The normalized spacial score (nSPS) is 23.3. The number of piperidine rings is 1. The molecule has 2 unspecified atom stereocenters. The number of Topliss-reactive ketones (excluding diaryl/α,β-unsaturated/α-hetero) is 1. The van der Waals surface area contributed by atoms with Gasteiger partial charge < -0.3 is 0 Å². The van der Waals surface area contributed by atoms with Crippen LogP contribution in [0.25, 0.3) is 0 Å². The Morgan fingerprint density at radius 2 is 1.91 bits per heavy atom. The number of benzene rings is 1. The number of likely N-dealkylation sites (tertiary alicyclic amines) is 1. The van der Waals surface area contributed by atoms with Gasteiger partial charge in [-0.1, -0.05) is 39.0 Å². The second kappa shape index (κ2) is 7.97. The number of rotatable bonds is 3. The molecule has 126 valence electrons. The molecule has 6 heteroatoms. The Balaban J connectivity index is 0.000000253. The first-order valence-electron chi connectivity index (χ1n) is 7.57. The summed E-state index contributed by atoms with van der Waals surface area (Å²) < 4.78 is 0. The number of nitrogens with zero attached hydrogens (tertiary/aromatic N) is 2. The number of carbonyl (C=O) groups excluding carboxylic acids is 2. The molecule has 1 aliphatic heterocycles. The number of non-ortho nitro benzene ring substituents is 1. The van der Waals surface area contributed by atoms with E-state index in [1.807, 2.05) is 11.9 Å². The summed E-state index contributed by atoms with van der Waals surface area (Å²) in [7, 11) is 1.91. The summed E-state index contributed by atoms with van der Waals surface area (Å²) >= 11 is 0. The van der Waals surface area contributed by atoms with Crippen molar-refractivity contribution in [1.29, 1.82) is 0 Å². The zero-order chi connectivity index (χ0) is 17.6. The van der Waals surface area contributed by atoms with Gasteiger partial charge in [0.25, 0.3) is 5.69 Å². The van der Waals surface area contributed by atoms with E-state index in [4.69, 9.17) is 0 Å². The second-order valence-corrected chi connectivity index (χ2v) is 6.66. The van der Waals surface area contributed by atoms with Crippen LogP contribution >= 0.6 is 0 Å². The van der Waals surface area contributed by atoms with Crippen LogP contribution in [0.5, 0.6) is 0 Å². The molecule has 2 atom stereocenters. The zero-order valence-electron chi connectivity index (χ0n) is 14.1. The fourth-order valence-corrected chi connectivity index (χ4v) is 2.61. The highest BCUT2D eigenvalue weighted by atomic mass is 16.6. The van der Waals surface area contributed by atoms with E-state index in [1.165, 1.54) is 12.1 Å². The monoisotopic (exact) mass is 320 g/mol. The van der Waals surface area contributed by atoms with Crippen molar-refractivity contribution >= 4 is 17.8 Å². The predicted octanol–water partition coefficient (Wildman–Crippen LogP) is 2.72. The molecule has 0 bridgehead atoms. The molecule has 23 heavy (non-hydrogen) atoms. The van der Waals surface area contributed by atoms with Crippen molar-refractivity contribution in [1.82, 2.24) is 4.90 Å². The van der Waals surface area contributed by atoms with E-state index < -0.39 is 4.92 Å². The summed E-state index contributed by atoms with van der Waals surface area (Å²) in [6, 6.07) is 7.72. The number of nitro groups is 1. The third-order valence-electron chi connectivity index (χ3n) is 4.56. The van der Waals surface area contributed by atoms with Gasteiger partial charge >= 0.3 is 0 Å². The first-order chi connectivity index (χ1) is 10.7. The van der Waals surface area contributed by atoms with Gasteiger partial charge in [-0.2, -0.15) is 0 Å². The summed E-state index contributed by atoms with van der Waals surface area (Å²) in [4.78, 5) is 33.4. The van der Waals surface area contributed by atoms with Gasteiger partial charge in [-0.05, 0) is 24.8 Å². The number of hydrogen-bond acceptors (Lipinski definition) is 5. The lowest BCUT2D eigenvalue weighted by Crippen LogP contribution is -2.51. The van der Waals surface area contributed by atoms with Gasteiger partial charge in [0.15, 0.2) is 6.29 Å². The van der Waals surface area contributed by atoms with Gasteiger partial charge in [-0.3, -0.25) is 24.6 Å². The van der Waals surface area contributed by atoms with Crippen LogP contribution in [-0.2, 0) is 9.59 Å². The Morgan fingerprint density at radius 3 is 2.35 bits per heavy atom. The Hall–Kier alpha value is -2.08. The lowest BCUT2D eigenvalue weighted by molar-refractivity contribution is -0.384. The average Bonchev–Trinajstić information content (AvgIpc) is 2.52. The molecule has 0 saturated carbocycles. The van der Waals surface area contributed by atoms with Gasteiger partial charge in [0.05, 0.1) is 11.0 Å². The molecule has 0 aliphatic carbocycles. The van der Waals surface area contributed by atoms with E-state index in [1.54, 1.807) is 18.2 Å². The largest absolute Gasteiger partial charge is 0.296 e. The van der Waals surface area contributed by atoms with Gasteiger partial charge in [0, 0.05) is 18.7 Å². The van der Waals surface area contributed by atoms with Crippen molar-refractivity contribution in [2.24, 2.45) is 11.3 Å². The highest BCUT2D eigenvalue weighted by Crippen LogP contribution is 2.37. The second-order valence-electron chi connectivity index (χ2n) is 6.66. The third kappa shape index (κ3) is 5.25. The molecule has 1 aromatic carbocycles. The van der Waals surface area contributed by atoms with Crippen molar-refractivity contribution in [2.45, 2.75) is 33.2 Å². The van der Waals surface area contributed by atoms with Crippen LogP contribution in [0, 0.1) is 21.4 Å². The lowest BCUT2D eigenvalue weighted by atomic mass is 9.71. The van der Waals surface area contributed by atoms with E-state index in [9.17, 15) is 19.7 Å². The number of carbonyl (C=O) groups is 2. The topological polar surface area (TPSA) is 80.5 Å². The highest BCUT2D eigenvalue weighted by molar-refractivity contribution is 6.27. The smallest absolute Gasteiger partial charge is 0.269 e. The van der Waals surface area contributed by atoms with E-state index in [0.29, 0.717) is 12.2 Å². The van der Waals surface area contributed by atoms with Crippen molar-refractivity contribution in [2.75, 3.05) is 13.6 Å². The van der Waals surface area contributed by atoms with E-state index >= 15 is 0 Å². The number of aldehydes is 1. The number of ketones is 1. The van der Waals surface area contributed by atoms with E-state index in [-0.39, 0.29) is 22.9 Å². The van der Waals surface area contributed by atoms with Gasteiger partial charge in [0.2, 0.25) is 5.78 Å². The number of hydrogen-bond donors (Lipinski definition) is 0.